The first-order valence-electron chi connectivity index (χ1n) is 11.9. The Morgan fingerprint density at radius 2 is 1.56 bits per heavy atom. The monoisotopic (exact) mass is 538 g/mol. The number of carbonyl (C=O) groups excluding carboxylic acids is 1. The number of halogens is 3. The number of amides is 1. The van der Waals surface area contributed by atoms with E-state index in [0.717, 1.165) is 27.6 Å². The highest BCUT2D eigenvalue weighted by atomic mass is 19.4. The van der Waals surface area contributed by atoms with Crippen molar-refractivity contribution >= 4 is 33.8 Å². The summed E-state index contributed by atoms with van der Waals surface area (Å²) in [6, 6.07) is 17.9. The average molecular weight is 539 g/mol. The fraction of sp³-hybridized carbons (Fsp3) is 0.222. The molecule has 5 aromatic rings. The predicted octanol–water partition coefficient (Wildman–Crippen LogP) is 5.26. The number of carboxylic acids is 1. The Bertz CT molecular complexity index is 1610. The van der Waals surface area contributed by atoms with Crippen molar-refractivity contribution in [3.63, 3.8) is 0 Å². The maximum Gasteiger partial charge on any atom is 0.490 e. The number of para-hydroxylation sites is 1. The van der Waals surface area contributed by atoms with Crippen LogP contribution in [0, 0.1) is 0 Å². The number of hydrogen-bond donors (Lipinski definition) is 1. The predicted molar refractivity (Wildman–Crippen MR) is 138 cm³/mol. The molecule has 1 N–H and O–H groups in total. The van der Waals surface area contributed by atoms with Crippen molar-refractivity contribution in [3.05, 3.63) is 84.6 Å². The summed E-state index contributed by atoms with van der Waals surface area (Å²) in [7, 11) is 1.79. The Morgan fingerprint density at radius 1 is 0.949 bits per heavy atom. The van der Waals surface area contributed by atoms with Crippen molar-refractivity contribution in [1.29, 1.82) is 0 Å². The standard InChI is InChI=1S/C25H24N6O.C2HF3O2/c1-17(2)30-20-11-5-4-10-19(20)23-21(30)15-22(31(23)25-27-13-8-14-28-25)24(32)29(3)16-18-9-6-7-12-26-18;3-2(4,5)1(6)7/h4-15,17H,16H2,1-3H3;(H,6,7). The zero-order valence-electron chi connectivity index (χ0n) is 21.3. The largest absolute Gasteiger partial charge is 0.490 e. The molecule has 0 saturated heterocycles. The molecular formula is C27H25F3N6O3. The number of hydrogen-bond acceptors (Lipinski definition) is 5. The molecule has 1 aromatic carbocycles. The van der Waals surface area contributed by atoms with Crippen molar-refractivity contribution in [3.8, 4) is 5.95 Å². The van der Waals surface area contributed by atoms with Crippen LogP contribution in [0.1, 0.15) is 36.1 Å². The summed E-state index contributed by atoms with van der Waals surface area (Å²) >= 11 is 0. The van der Waals surface area contributed by atoms with Crippen LogP contribution in [0.5, 0.6) is 0 Å². The lowest BCUT2D eigenvalue weighted by molar-refractivity contribution is -0.192. The number of rotatable bonds is 5. The lowest BCUT2D eigenvalue weighted by Gasteiger charge is -2.18. The fourth-order valence-electron chi connectivity index (χ4n) is 4.28. The van der Waals surface area contributed by atoms with E-state index in [-0.39, 0.29) is 11.9 Å². The lowest BCUT2D eigenvalue weighted by atomic mass is 10.2. The molecule has 4 heterocycles. The Labute approximate surface area is 221 Å². The van der Waals surface area contributed by atoms with E-state index in [4.69, 9.17) is 9.90 Å². The number of aromatic nitrogens is 5. The van der Waals surface area contributed by atoms with Crippen LogP contribution in [0.4, 0.5) is 13.2 Å². The van der Waals surface area contributed by atoms with E-state index < -0.39 is 12.1 Å². The molecular weight excluding hydrogens is 513 g/mol. The number of alkyl halides is 3. The second kappa shape index (κ2) is 10.9. The molecule has 0 aliphatic carbocycles. The van der Waals surface area contributed by atoms with Crippen molar-refractivity contribution in [2.75, 3.05) is 7.05 Å². The Kier molecular flexibility index (Phi) is 7.65. The lowest BCUT2D eigenvalue weighted by Crippen LogP contribution is -2.28. The smallest absolute Gasteiger partial charge is 0.475 e. The first kappa shape index (κ1) is 27.3. The van der Waals surface area contributed by atoms with Gasteiger partial charge in [-0.15, -0.1) is 0 Å². The van der Waals surface area contributed by atoms with Crippen LogP contribution in [-0.4, -0.2) is 59.2 Å². The quantitative estimate of drug-likeness (QED) is 0.327. The van der Waals surface area contributed by atoms with E-state index in [0.29, 0.717) is 18.2 Å². The van der Waals surface area contributed by atoms with Crippen molar-refractivity contribution in [2.24, 2.45) is 0 Å². The van der Waals surface area contributed by atoms with Crippen molar-refractivity contribution in [2.45, 2.75) is 32.6 Å². The molecule has 39 heavy (non-hydrogen) atoms. The van der Waals surface area contributed by atoms with E-state index in [9.17, 15) is 18.0 Å². The normalized spacial score (nSPS) is 11.5. The summed E-state index contributed by atoms with van der Waals surface area (Å²) in [5.74, 6) is -2.39. The van der Waals surface area contributed by atoms with E-state index in [1.54, 1.807) is 36.6 Å². The minimum atomic E-state index is -5.08. The Hall–Kier alpha value is -4.74. The van der Waals surface area contributed by atoms with E-state index >= 15 is 0 Å². The van der Waals surface area contributed by atoms with Gasteiger partial charge < -0.3 is 14.6 Å². The average Bonchev–Trinajstić information content (AvgIpc) is 3.44. The van der Waals surface area contributed by atoms with Crippen LogP contribution in [0.15, 0.2) is 73.2 Å². The van der Waals surface area contributed by atoms with Crippen LogP contribution >= 0.6 is 0 Å². The topological polar surface area (TPSA) is 106 Å². The molecule has 202 valence electrons. The summed E-state index contributed by atoms with van der Waals surface area (Å²) in [6.07, 6.45) is 0.0451. The van der Waals surface area contributed by atoms with Crippen LogP contribution < -0.4 is 0 Å². The van der Waals surface area contributed by atoms with Crippen molar-refractivity contribution in [1.82, 2.24) is 29.0 Å². The third-order valence-electron chi connectivity index (χ3n) is 5.86. The van der Waals surface area contributed by atoms with Gasteiger partial charge in [0.15, 0.2) is 0 Å². The first-order valence-corrected chi connectivity index (χ1v) is 11.9. The van der Waals surface area contributed by atoms with Crippen LogP contribution in [0.3, 0.4) is 0 Å². The van der Waals surface area contributed by atoms with E-state index in [2.05, 4.69) is 45.5 Å². The molecule has 0 fully saturated rings. The minimum Gasteiger partial charge on any atom is -0.475 e. The highest BCUT2D eigenvalue weighted by molar-refractivity contribution is 6.11. The zero-order chi connectivity index (χ0) is 28.3. The van der Waals surface area contributed by atoms with E-state index in [1.165, 1.54) is 0 Å². The van der Waals surface area contributed by atoms with Gasteiger partial charge in [-0.25, -0.2) is 14.8 Å². The highest BCUT2D eigenvalue weighted by Gasteiger charge is 2.38. The van der Waals surface area contributed by atoms with Gasteiger partial charge in [-0.05, 0) is 44.2 Å². The first-order chi connectivity index (χ1) is 18.5. The van der Waals surface area contributed by atoms with Crippen molar-refractivity contribution < 1.29 is 27.9 Å². The van der Waals surface area contributed by atoms with Crippen LogP contribution in [0.25, 0.3) is 27.9 Å². The molecule has 0 atom stereocenters. The number of pyridine rings is 1. The number of aliphatic carboxylic acids is 1. The second-order valence-corrected chi connectivity index (χ2v) is 8.91. The summed E-state index contributed by atoms with van der Waals surface area (Å²) < 4.78 is 35.9. The molecule has 0 aliphatic rings. The Morgan fingerprint density at radius 3 is 2.15 bits per heavy atom. The number of benzene rings is 1. The summed E-state index contributed by atoms with van der Waals surface area (Å²) in [5, 5.41) is 8.19. The summed E-state index contributed by atoms with van der Waals surface area (Å²) in [4.78, 5) is 37.5. The van der Waals surface area contributed by atoms with Gasteiger partial charge in [-0.3, -0.25) is 14.3 Å². The maximum absolute atomic E-state index is 13.6. The van der Waals surface area contributed by atoms with Gasteiger partial charge >= 0.3 is 12.1 Å². The highest BCUT2D eigenvalue weighted by Crippen LogP contribution is 2.35. The number of carbonyl (C=O) groups is 2. The number of nitrogens with zero attached hydrogens (tertiary/aromatic N) is 6. The van der Waals surface area contributed by atoms with Gasteiger partial charge in [0.25, 0.3) is 5.91 Å². The SMILES string of the molecule is CC(C)n1c2ccccc2c2c1cc(C(=O)N(C)Cc1ccccn1)n2-c1ncccn1.O=C(O)C(F)(F)F. The van der Waals surface area contributed by atoms with Crippen LogP contribution in [-0.2, 0) is 11.3 Å². The molecule has 4 aromatic heterocycles. The molecule has 9 nitrogen and oxygen atoms in total. The second-order valence-electron chi connectivity index (χ2n) is 8.91. The van der Waals surface area contributed by atoms with Gasteiger partial charge in [-0.2, -0.15) is 13.2 Å². The minimum absolute atomic E-state index is 0.112. The van der Waals surface area contributed by atoms with Gasteiger partial charge in [-0.1, -0.05) is 24.3 Å². The molecule has 0 bridgehead atoms. The van der Waals surface area contributed by atoms with Crippen LogP contribution in [0.2, 0.25) is 0 Å². The summed E-state index contributed by atoms with van der Waals surface area (Å²) in [6.45, 7) is 4.71. The third-order valence-corrected chi connectivity index (χ3v) is 5.86. The van der Waals surface area contributed by atoms with E-state index in [1.807, 2.05) is 41.0 Å². The molecule has 12 heteroatoms. The number of carboxylic acid groups (broad SMARTS) is 1. The summed E-state index contributed by atoms with van der Waals surface area (Å²) in [5.41, 5.74) is 4.41. The zero-order valence-corrected chi connectivity index (χ0v) is 21.3. The van der Waals surface area contributed by atoms with Gasteiger partial charge in [0.2, 0.25) is 5.95 Å². The van der Waals surface area contributed by atoms with Gasteiger partial charge in [0.05, 0.1) is 28.8 Å². The molecule has 0 spiro atoms. The third kappa shape index (κ3) is 5.59. The molecule has 0 radical (unpaired) electrons. The molecule has 5 rings (SSSR count). The molecule has 0 aliphatic heterocycles. The van der Waals surface area contributed by atoms with Gasteiger partial charge in [0, 0.05) is 37.1 Å². The molecule has 1 amide bonds. The molecule has 0 unspecified atom stereocenters. The van der Waals surface area contributed by atoms with Gasteiger partial charge in [0.1, 0.15) is 5.69 Å². The maximum atomic E-state index is 13.6. The Balaban J connectivity index is 0.000000448. The molecule has 0 saturated carbocycles. The number of fused-ring (bicyclic) bond motifs is 3. The fourth-order valence-corrected chi connectivity index (χ4v) is 4.28.